The monoisotopic (exact) mass is 1050 g/mol. The molecule has 6 aromatic heterocycles. The fourth-order valence-corrected chi connectivity index (χ4v) is 10.9. The average Bonchev–Trinajstić information content (AvgIpc) is 4.39. The third kappa shape index (κ3) is 9.13. The summed E-state index contributed by atoms with van der Waals surface area (Å²) in [6.07, 6.45) is 7.60. The van der Waals surface area contributed by atoms with Gasteiger partial charge in [0.2, 0.25) is 0 Å². The highest BCUT2D eigenvalue weighted by molar-refractivity contribution is 5.91. The average molecular weight is 1050 g/mol. The lowest BCUT2D eigenvalue weighted by atomic mass is 9.94. The first-order valence-electron chi connectivity index (χ1n) is 26.9. The Morgan fingerprint density at radius 3 is 1.10 bits per heavy atom. The van der Waals surface area contributed by atoms with E-state index in [2.05, 4.69) is 242 Å². The van der Waals surface area contributed by atoms with Crippen LogP contribution in [0.1, 0.15) is 22.3 Å². The van der Waals surface area contributed by atoms with E-state index in [-0.39, 0.29) is 0 Å². The first-order valence-corrected chi connectivity index (χ1v) is 26.9. The zero-order valence-corrected chi connectivity index (χ0v) is 46.8. The maximum absolute atomic E-state index is 4.94. The molecule has 0 unspecified atom stereocenters. The van der Waals surface area contributed by atoms with Crippen LogP contribution in [0, 0.1) is 27.7 Å². The molecule has 0 fully saturated rings. The van der Waals surface area contributed by atoms with Gasteiger partial charge in [0, 0.05) is 89.3 Å². The van der Waals surface area contributed by atoms with Crippen molar-refractivity contribution in [1.29, 1.82) is 0 Å². The second kappa shape index (κ2) is 20.8. The van der Waals surface area contributed by atoms with Crippen LogP contribution < -0.4 is 0 Å². The van der Waals surface area contributed by atoms with Crippen LogP contribution in [0.4, 0.5) is 0 Å². The Balaban J connectivity index is 0.000000121. The minimum atomic E-state index is 0.906. The van der Waals surface area contributed by atoms with Gasteiger partial charge in [0.15, 0.2) is 11.6 Å². The molecule has 0 saturated heterocycles. The van der Waals surface area contributed by atoms with Crippen LogP contribution in [0.2, 0.25) is 0 Å². The second-order valence-corrected chi connectivity index (χ2v) is 20.7. The largest absolute Gasteiger partial charge is 0.334 e. The Morgan fingerprint density at radius 1 is 0.275 bits per heavy atom. The van der Waals surface area contributed by atoms with Crippen molar-refractivity contribution in [2.24, 2.45) is 42.3 Å². The molecule has 12 heteroatoms. The fraction of sp³-hybridized carbons (Fsp3) is 0.147. The summed E-state index contributed by atoms with van der Waals surface area (Å²) in [5.74, 6) is 5.66. The van der Waals surface area contributed by atoms with Crippen LogP contribution in [0.15, 0.2) is 195 Å². The smallest absolute Gasteiger partial charge is 0.177 e. The van der Waals surface area contributed by atoms with Crippen molar-refractivity contribution < 1.29 is 0 Å². The molecular formula is C68H62N12. The minimum Gasteiger partial charge on any atom is -0.334 e. The van der Waals surface area contributed by atoms with Crippen LogP contribution in [0.5, 0.6) is 0 Å². The minimum absolute atomic E-state index is 0.906. The predicted molar refractivity (Wildman–Crippen MR) is 327 cm³/mol. The van der Waals surface area contributed by atoms with Gasteiger partial charge in [-0.15, -0.1) is 0 Å². The molecule has 12 nitrogen and oxygen atoms in total. The topological polar surface area (TPSA) is 107 Å². The molecule has 80 heavy (non-hydrogen) atoms. The van der Waals surface area contributed by atoms with Crippen molar-refractivity contribution in [3.05, 3.63) is 217 Å². The Bertz CT molecular complexity index is 4450. The van der Waals surface area contributed by atoms with E-state index in [0.29, 0.717) is 0 Å². The number of hydrogen-bond donors (Lipinski definition) is 0. The summed E-state index contributed by atoms with van der Waals surface area (Å²) >= 11 is 0. The molecule has 14 rings (SSSR count). The molecule has 394 valence electrons. The number of aryl methyl sites for hydroxylation is 10. The van der Waals surface area contributed by atoms with Gasteiger partial charge in [-0.3, -0.25) is 0 Å². The summed E-state index contributed by atoms with van der Waals surface area (Å²) in [6.45, 7) is 8.54. The lowest BCUT2D eigenvalue weighted by molar-refractivity contribution is 0.890. The Labute approximate surface area is 465 Å². The second-order valence-electron chi connectivity index (χ2n) is 20.7. The highest BCUT2D eigenvalue weighted by atomic mass is 15.2. The lowest BCUT2D eigenvalue weighted by Crippen LogP contribution is -1.99. The quantitative estimate of drug-likeness (QED) is 0.157. The molecule has 0 radical (unpaired) electrons. The molecule has 0 aliphatic rings. The van der Waals surface area contributed by atoms with Crippen LogP contribution in [-0.2, 0) is 42.3 Å². The maximum atomic E-state index is 4.94. The molecule has 0 bridgehead atoms. The van der Waals surface area contributed by atoms with E-state index in [9.17, 15) is 0 Å². The third-order valence-electron chi connectivity index (χ3n) is 15.6. The van der Waals surface area contributed by atoms with Crippen molar-refractivity contribution in [3.8, 4) is 79.5 Å². The van der Waals surface area contributed by atoms with E-state index in [1.165, 1.54) is 22.3 Å². The van der Waals surface area contributed by atoms with E-state index < -0.39 is 0 Å². The van der Waals surface area contributed by atoms with Crippen LogP contribution in [0.25, 0.3) is 124 Å². The van der Waals surface area contributed by atoms with E-state index >= 15 is 0 Å². The van der Waals surface area contributed by atoms with Gasteiger partial charge in [-0.2, -0.15) is 0 Å². The van der Waals surface area contributed by atoms with Gasteiger partial charge >= 0.3 is 0 Å². The number of para-hydroxylation sites is 4. The summed E-state index contributed by atoms with van der Waals surface area (Å²) < 4.78 is 12.7. The normalized spacial score (nSPS) is 11.4. The standard InChI is InChI=1S/C28H22N4.C20H22N4.C20H18N4/c1-31-25-16-7-5-14-23(25)29-27(31)20-11-9-10-19(18-20)21-12-3-4-13-22(21)28-30-24-15-6-8-17-26(24)32(28)2;1-11-7-15-17(9-13(11)3)23(5)19(21-15)20-22-16-8-12(2)14(4)10-18(16)24(20)6;1-23-13-11-21-19(23)17-9-5-3-7-15(17)16-8-4-6-10-18(16)20-22-12-14-24(20)2/h3-18H,1-2H3;7-10H,1-6H3;3-14H,1-2H3. The van der Waals surface area contributed by atoms with Gasteiger partial charge in [0.25, 0.3) is 0 Å². The van der Waals surface area contributed by atoms with Crippen LogP contribution >= 0.6 is 0 Å². The lowest BCUT2D eigenvalue weighted by Gasteiger charge is -2.14. The third-order valence-corrected chi connectivity index (χ3v) is 15.6. The van der Waals surface area contributed by atoms with E-state index in [0.717, 1.165) is 124 Å². The van der Waals surface area contributed by atoms with Gasteiger partial charge in [-0.05, 0) is 127 Å². The number of nitrogens with zero attached hydrogens (tertiary/aromatic N) is 12. The molecular weight excluding hydrogens is 985 g/mol. The molecule has 0 N–H and O–H groups in total. The Hall–Kier alpha value is -9.94. The number of rotatable bonds is 7. The van der Waals surface area contributed by atoms with Gasteiger partial charge in [0.05, 0.1) is 44.1 Å². The first kappa shape index (κ1) is 50.9. The summed E-state index contributed by atoms with van der Waals surface area (Å²) in [7, 11) is 12.3. The summed E-state index contributed by atoms with van der Waals surface area (Å²) in [6, 6.07) is 59.1. The molecule has 0 aliphatic heterocycles. The SMILES string of the molecule is Cc1cc2nc(-c3nc4cc(C)c(C)cc4n3C)n(C)c2cc1C.Cn1c(-c2cccc(-c3ccccc3-c3nc4ccccc4n3C)c2)nc2ccccc21.Cn1ccnc1-c1ccccc1-c1ccccc1-c1nccn1C. The fourth-order valence-electron chi connectivity index (χ4n) is 10.9. The molecule has 14 aromatic rings. The first-order chi connectivity index (χ1) is 38.8. The van der Waals surface area contributed by atoms with E-state index in [1.807, 2.05) is 60.1 Å². The van der Waals surface area contributed by atoms with E-state index in [1.54, 1.807) is 0 Å². The van der Waals surface area contributed by atoms with Gasteiger partial charge in [-0.1, -0.05) is 115 Å². The number of imidazole rings is 6. The number of aromatic nitrogens is 12. The summed E-state index contributed by atoms with van der Waals surface area (Å²) in [4.78, 5) is 28.6. The van der Waals surface area contributed by atoms with Crippen molar-refractivity contribution >= 4 is 44.1 Å². The molecule has 0 aliphatic carbocycles. The summed E-state index contributed by atoms with van der Waals surface area (Å²) in [5.41, 5.74) is 22.8. The van der Waals surface area contributed by atoms with Crippen LogP contribution in [-0.4, -0.2) is 57.3 Å². The van der Waals surface area contributed by atoms with Crippen molar-refractivity contribution in [2.75, 3.05) is 0 Å². The maximum Gasteiger partial charge on any atom is 0.177 e. The van der Waals surface area contributed by atoms with E-state index in [4.69, 9.17) is 19.9 Å². The van der Waals surface area contributed by atoms with Crippen molar-refractivity contribution in [2.45, 2.75) is 27.7 Å². The number of hydrogen-bond acceptors (Lipinski definition) is 6. The predicted octanol–water partition coefficient (Wildman–Crippen LogP) is 15.0. The zero-order valence-electron chi connectivity index (χ0n) is 46.8. The number of benzene rings is 8. The summed E-state index contributed by atoms with van der Waals surface area (Å²) in [5, 5.41) is 0. The van der Waals surface area contributed by atoms with Crippen molar-refractivity contribution in [1.82, 2.24) is 57.3 Å². The van der Waals surface area contributed by atoms with Gasteiger partial charge in [0.1, 0.15) is 23.3 Å². The molecule has 0 spiro atoms. The molecule has 0 amide bonds. The molecule has 0 atom stereocenters. The zero-order chi connectivity index (χ0) is 55.3. The molecule has 6 heterocycles. The van der Waals surface area contributed by atoms with Gasteiger partial charge < -0.3 is 27.4 Å². The highest BCUT2D eigenvalue weighted by Gasteiger charge is 2.20. The Kier molecular flexibility index (Phi) is 13.2. The molecule has 0 saturated carbocycles. The van der Waals surface area contributed by atoms with Crippen molar-refractivity contribution in [3.63, 3.8) is 0 Å². The van der Waals surface area contributed by atoms with Gasteiger partial charge in [-0.25, -0.2) is 29.9 Å². The highest BCUT2D eigenvalue weighted by Crippen LogP contribution is 2.38. The number of fused-ring (bicyclic) bond motifs is 4. The molecule has 8 aromatic carbocycles. The Morgan fingerprint density at radius 2 is 0.637 bits per heavy atom. The van der Waals surface area contributed by atoms with Crippen LogP contribution in [0.3, 0.4) is 0 Å².